The standard InChI is InChI=1S/C23H19N5O3/c1-28(12-14-5-4-10-31-14)23(30)13-8-9-16-15(11-13)19(24)20(25-16)21-22(29)27-18-7-3-2-6-17(18)26-21/h2-11,25H,12,24H2,1H3,(H,27,29). The fourth-order valence-corrected chi connectivity index (χ4v) is 3.66. The number of aromatic amines is 2. The number of amides is 1. The minimum Gasteiger partial charge on any atom is -0.467 e. The lowest BCUT2D eigenvalue weighted by Crippen LogP contribution is -2.25. The Bertz CT molecular complexity index is 1480. The maximum Gasteiger partial charge on any atom is 0.276 e. The van der Waals surface area contributed by atoms with Gasteiger partial charge in [-0.25, -0.2) is 4.98 Å². The summed E-state index contributed by atoms with van der Waals surface area (Å²) in [5.41, 5.74) is 9.54. The van der Waals surface area contributed by atoms with Gasteiger partial charge in [-0.2, -0.15) is 0 Å². The summed E-state index contributed by atoms with van der Waals surface area (Å²) in [6.07, 6.45) is 1.57. The number of rotatable bonds is 4. The summed E-state index contributed by atoms with van der Waals surface area (Å²) in [7, 11) is 1.71. The number of nitrogens with one attached hydrogen (secondary N) is 2. The Balaban J connectivity index is 1.54. The Morgan fingerprint density at radius 3 is 2.74 bits per heavy atom. The third-order valence-corrected chi connectivity index (χ3v) is 5.24. The molecular formula is C23H19N5O3. The summed E-state index contributed by atoms with van der Waals surface area (Å²) in [6.45, 7) is 0.355. The third-order valence-electron chi connectivity index (χ3n) is 5.24. The van der Waals surface area contributed by atoms with Gasteiger partial charge in [0.2, 0.25) is 0 Å². The van der Waals surface area contributed by atoms with Crippen LogP contribution in [0.15, 0.2) is 70.1 Å². The van der Waals surface area contributed by atoms with Crippen molar-refractivity contribution in [2.24, 2.45) is 0 Å². The van der Waals surface area contributed by atoms with Crippen molar-refractivity contribution in [3.8, 4) is 11.4 Å². The highest BCUT2D eigenvalue weighted by Gasteiger charge is 2.19. The van der Waals surface area contributed by atoms with Crippen molar-refractivity contribution in [3.63, 3.8) is 0 Å². The molecule has 0 atom stereocenters. The van der Waals surface area contributed by atoms with E-state index in [1.807, 2.05) is 24.3 Å². The Hall–Kier alpha value is -4.33. The first-order valence-electron chi connectivity index (χ1n) is 9.70. The first kappa shape index (κ1) is 18.7. The zero-order valence-electron chi connectivity index (χ0n) is 16.7. The maximum atomic E-state index is 12.9. The first-order valence-corrected chi connectivity index (χ1v) is 9.70. The molecule has 0 fully saturated rings. The number of nitrogens with two attached hydrogens (primary N) is 1. The van der Waals surface area contributed by atoms with Crippen molar-refractivity contribution in [1.82, 2.24) is 19.9 Å². The van der Waals surface area contributed by atoms with Gasteiger partial charge in [0, 0.05) is 23.5 Å². The van der Waals surface area contributed by atoms with Gasteiger partial charge in [-0.05, 0) is 42.5 Å². The van der Waals surface area contributed by atoms with Gasteiger partial charge >= 0.3 is 0 Å². The molecule has 8 nitrogen and oxygen atoms in total. The molecule has 0 aliphatic heterocycles. The van der Waals surface area contributed by atoms with Crippen LogP contribution in [0, 0.1) is 0 Å². The minimum absolute atomic E-state index is 0.165. The largest absolute Gasteiger partial charge is 0.467 e. The number of carbonyl (C=O) groups is 1. The van der Waals surface area contributed by atoms with E-state index in [0.717, 1.165) is 0 Å². The SMILES string of the molecule is CN(Cc1ccco1)C(=O)c1ccc2[nH]c(-c3nc4ccccc4[nH]c3=O)c(N)c2c1. The van der Waals surface area contributed by atoms with Crippen molar-refractivity contribution >= 4 is 33.5 Å². The van der Waals surface area contributed by atoms with Crippen LogP contribution >= 0.6 is 0 Å². The van der Waals surface area contributed by atoms with E-state index in [2.05, 4.69) is 15.0 Å². The summed E-state index contributed by atoms with van der Waals surface area (Å²) in [5.74, 6) is 0.532. The lowest BCUT2D eigenvalue weighted by Gasteiger charge is -2.15. The van der Waals surface area contributed by atoms with Gasteiger partial charge in [-0.15, -0.1) is 0 Å². The summed E-state index contributed by atoms with van der Waals surface area (Å²) in [5, 5.41) is 0.654. The van der Waals surface area contributed by atoms with E-state index in [1.165, 1.54) is 0 Å². The van der Waals surface area contributed by atoms with E-state index in [-0.39, 0.29) is 17.2 Å². The van der Waals surface area contributed by atoms with Crippen LogP contribution in [0.2, 0.25) is 0 Å². The molecule has 5 rings (SSSR count). The molecule has 154 valence electrons. The van der Waals surface area contributed by atoms with Crippen LogP contribution in [0.1, 0.15) is 16.1 Å². The van der Waals surface area contributed by atoms with Gasteiger partial charge in [-0.3, -0.25) is 9.59 Å². The van der Waals surface area contributed by atoms with E-state index < -0.39 is 0 Å². The second-order valence-corrected chi connectivity index (χ2v) is 7.35. The number of H-pyrrole nitrogens is 2. The lowest BCUT2D eigenvalue weighted by molar-refractivity contribution is 0.0775. The number of benzene rings is 2. The van der Waals surface area contributed by atoms with Gasteiger partial charge in [0.15, 0.2) is 5.69 Å². The topological polar surface area (TPSA) is 121 Å². The minimum atomic E-state index is -0.341. The molecule has 0 radical (unpaired) electrons. The first-order chi connectivity index (χ1) is 15.0. The zero-order valence-corrected chi connectivity index (χ0v) is 16.7. The van der Waals surface area contributed by atoms with Crippen LogP contribution in [0.4, 0.5) is 5.69 Å². The Morgan fingerprint density at radius 1 is 1.10 bits per heavy atom. The molecule has 0 unspecified atom stereocenters. The number of nitrogens with zero attached hydrogens (tertiary/aromatic N) is 2. The Labute approximate surface area is 176 Å². The highest BCUT2D eigenvalue weighted by atomic mass is 16.3. The van der Waals surface area contributed by atoms with E-state index in [9.17, 15) is 9.59 Å². The fraction of sp³-hybridized carbons (Fsp3) is 0.0870. The highest BCUT2D eigenvalue weighted by molar-refractivity contribution is 6.04. The van der Waals surface area contributed by atoms with Crippen LogP contribution in [0.3, 0.4) is 0 Å². The fourth-order valence-electron chi connectivity index (χ4n) is 3.66. The smallest absolute Gasteiger partial charge is 0.276 e. The van der Waals surface area contributed by atoms with E-state index in [1.54, 1.807) is 48.5 Å². The maximum absolute atomic E-state index is 12.9. The number of anilines is 1. The quantitative estimate of drug-likeness (QED) is 0.416. The second kappa shape index (κ2) is 7.17. The molecule has 0 bridgehead atoms. The molecule has 3 heterocycles. The van der Waals surface area contributed by atoms with E-state index in [4.69, 9.17) is 10.2 Å². The second-order valence-electron chi connectivity index (χ2n) is 7.35. The summed E-state index contributed by atoms with van der Waals surface area (Å²) >= 11 is 0. The molecule has 5 aromatic rings. The molecule has 0 spiro atoms. The third kappa shape index (κ3) is 3.24. The zero-order chi connectivity index (χ0) is 21.5. The summed E-state index contributed by atoms with van der Waals surface area (Å²) < 4.78 is 5.32. The van der Waals surface area contributed by atoms with Gasteiger partial charge in [0.05, 0.1) is 35.2 Å². The van der Waals surface area contributed by atoms with Crippen molar-refractivity contribution in [3.05, 3.63) is 82.5 Å². The molecule has 3 aromatic heterocycles. The van der Waals surface area contributed by atoms with Crippen molar-refractivity contribution in [1.29, 1.82) is 0 Å². The van der Waals surface area contributed by atoms with Crippen LogP contribution in [0.25, 0.3) is 33.3 Å². The highest BCUT2D eigenvalue weighted by Crippen LogP contribution is 2.31. The average Bonchev–Trinajstić information content (AvgIpc) is 3.40. The number of furan rings is 1. The van der Waals surface area contributed by atoms with Crippen molar-refractivity contribution in [2.45, 2.75) is 6.54 Å². The Morgan fingerprint density at radius 2 is 1.94 bits per heavy atom. The molecule has 4 N–H and O–H groups in total. The summed E-state index contributed by atoms with van der Waals surface area (Å²) in [6, 6.07) is 16.1. The normalized spacial score (nSPS) is 11.3. The molecule has 0 saturated heterocycles. The number of aromatic nitrogens is 3. The summed E-state index contributed by atoms with van der Waals surface area (Å²) in [4.78, 5) is 37.5. The van der Waals surface area contributed by atoms with Crippen LogP contribution in [-0.4, -0.2) is 32.8 Å². The molecule has 1 amide bonds. The number of carbonyl (C=O) groups excluding carboxylic acids is 1. The molecular weight excluding hydrogens is 394 g/mol. The number of hydrogen-bond donors (Lipinski definition) is 3. The van der Waals surface area contributed by atoms with Crippen LogP contribution in [-0.2, 0) is 6.54 Å². The van der Waals surface area contributed by atoms with E-state index >= 15 is 0 Å². The number of fused-ring (bicyclic) bond motifs is 2. The van der Waals surface area contributed by atoms with Crippen LogP contribution < -0.4 is 11.3 Å². The predicted octanol–water partition coefficient (Wildman–Crippen LogP) is 3.52. The molecule has 0 aliphatic carbocycles. The van der Waals surface area contributed by atoms with Crippen LogP contribution in [0.5, 0.6) is 0 Å². The molecule has 8 heteroatoms. The van der Waals surface area contributed by atoms with Crippen molar-refractivity contribution < 1.29 is 9.21 Å². The molecule has 0 aliphatic rings. The lowest BCUT2D eigenvalue weighted by atomic mass is 10.1. The van der Waals surface area contributed by atoms with E-state index in [0.29, 0.717) is 51.2 Å². The number of hydrogen-bond acceptors (Lipinski definition) is 5. The van der Waals surface area contributed by atoms with Gasteiger partial charge in [0.1, 0.15) is 5.76 Å². The predicted molar refractivity (Wildman–Crippen MR) is 119 cm³/mol. The van der Waals surface area contributed by atoms with Gasteiger partial charge in [0.25, 0.3) is 11.5 Å². The monoisotopic (exact) mass is 413 g/mol. The molecule has 31 heavy (non-hydrogen) atoms. The Kier molecular flexibility index (Phi) is 4.32. The molecule has 0 saturated carbocycles. The van der Waals surface area contributed by atoms with Gasteiger partial charge in [-0.1, -0.05) is 12.1 Å². The molecule has 2 aromatic carbocycles. The van der Waals surface area contributed by atoms with Crippen molar-refractivity contribution in [2.75, 3.05) is 12.8 Å². The average molecular weight is 413 g/mol. The number of para-hydroxylation sites is 2. The number of nitrogen functional groups attached to an aromatic ring is 1. The van der Waals surface area contributed by atoms with Gasteiger partial charge < -0.3 is 25.0 Å².